The first-order valence-corrected chi connectivity index (χ1v) is 24.4. The van der Waals surface area contributed by atoms with Gasteiger partial charge in [0.05, 0.1) is 22.0 Å². The van der Waals surface area contributed by atoms with E-state index in [1.165, 1.54) is 66.1 Å². The van der Waals surface area contributed by atoms with E-state index in [2.05, 4.69) is 284 Å². The summed E-state index contributed by atoms with van der Waals surface area (Å²) in [6.45, 7) is 0. The molecule has 0 radical (unpaired) electrons. The van der Waals surface area contributed by atoms with Gasteiger partial charge in [0.1, 0.15) is 12.7 Å². The van der Waals surface area contributed by atoms with Crippen molar-refractivity contribution in [1.29, 1.82) is 0 Å². The summed E-state index contributed by atoms with van der Waals surface area (Å²) in [5.74, 6) is 0.636. The van der Waals surface area contributed by atoms with Crippen molar-refractivity contribution in [2.24, 2.45) is 0 Å². The van der Waals surface area contributed by atoms with Gasteiger partial charge >= 0.3 is 0 Å². The highest BCUT2D eigenvalue weighted by Crippen LogP contribution is 2.57. The minimum Gasteiger partial charge on any atom is -0.316 e. The van der Waals surface area contributed by atoms with Gasteiger partial charge in [-0.25, -0.2) is 15.0 Å². The maximum atomic E-state index is 4.45. The molecule has 1 aliphatic rings. The van der Waals surface area contributed by atoms with E-state index in [1.807, 2.05) is 0 Å². The Kier molecular flexibility index (Phi) is 9.64. The van der Waals surface area contributed by atoms with Crippen LogP contribution in [0, 0.1) is 0 Å². The summed E-state index contributed by atoms with van der Waals surface area (Å²) < 4.78 is 4.71. The average Bonchev–Trinajstić information content (AvgIpc) is 4.14. The molecule has 0 bridgehead atoms. The summed E-state index contributed by atoms with van der Waals surface area (Å²) in [4.78, 5) is 15.3. The quantitative estimate of drug-likeness (QED) is 0.145. The molecule has 0 amide bonds. The number of para-hydroxylation sites is 2. The van der Waals surface area contributed by atoms with Crippen molar-refractivity contribution in [2.45, 2.75) is 5.41 Å². The molecule has 13 aromatic rings. The van der Waals surface area contributed by atoms with Gasteiger partial charge in [0, 0.05) is 56.4 Å². The van der Waals surface area contributed by atoms with Gasteiger partial charge in [-0.15, -0.1) is 0 Å². The molecule has 14 rings (SSSR count). The van der Waals surface area contributed by atoms with Crippen molar-refractivity contribution in [3.8, 4) is 45.0 Å². The van der Waals surface area contributed by atoms with E-state index >= 15 is 0 Å². The van der Waals surface area contributed by atoms with Gasteiger partial charge in [0.2, 0.25) is 0 Å². The van der Waals surface area contributed by atoms with E-state index in [4.69, 9.17) is 0 Å². The number of hydrogen-bond acceptors (Lipinski definition) is 4. The largest absolute Gasteiger partial charge is 0.316 e. The molecule has 0 unspecified atom stereocenters. The van der Waals surface area contributed by atoms with Crippen LogP contribution in [-0.4, -0.2) is 24.1 Å². The lowest BCUT2D eigenvalue weighted by Gasteiger charge is -2.35. The van der Waals surface area contributed by atoms with Crippen LogP contribution in [0.5, 0.6) is 0 Å². The van der Waals surface area contributed by atoms with Gasteiger partial charge in [-0.1, -0.05) is 152 Å². The number of hydrogen-bond donors (Lipinski definition) is 0. The Morgan fingerprint density at radius 3 is 1.61 bits per heavy atom. The van der Waals surface area contributed by atoms with E-state index in [9.17, 15) is 0 Å². The molecule has 0 fully saturated rings. The third kappa shape index (κ3) is 6.46. The van der Waals surface area contributed by atoms with Gasteiger partial charge in [-0.3, -0.25) is 0 Å². The average molecular weight is 921 g/mol. The summed E-state index contributed by atoms with van der Waals surface area (Å²) in [5.41, 5.74) is 19.1. The number of nitrogens with zero attached hydrogens (tertiary/aromatic N) is 6. The summed E-state index contributed by atoms with van der Waals surface area (Å²) in [6, 6.07) is 90.6. The van der Waals surface area contributed by atoms with Crippen LogP contribution in [0.2, 0.25) is 0 Å². The van der Waals surface area contributed by atoms with Gasteiger partial charge in [0.15, 0.2) is 5.82 Å². The van der Waals surface area contributed by atoms with Crippen molar-refractivity contribution >= 4 is 49.8 Å². The van der Waals surface area contributed by atoms with Crippen molar-refractivity contribution < 1.29 is 0 Å². The minimum atomic E-state index is -0.539. The molecule has 0 saturated heterocycles. The van der Waals surface area contributed by atoms with Gasteiger partial charge in [-0.2, -0.15) is 0 Å². The predicted octanol–water partition coefficient (Wildman–Crippen LogP) is 16.1. The molecule has 3 heterocycles. The maximum Gasteiger partial charge on any atom is 0.162 e. The first-order chi connectivity index (χ1) is 35.7. The Morgan fingerprint density at radius 2 is 0.931 bits per heavy atom. The third-order valence-corrected chi connectivity index (χ3v) is 14.7. The van der Waals surface area contributed by atoms with Crippen LogP contribution >= 0.6 is 0 Å². The van der Waals surface area contributed by atoms with Crippen LogP contribution in [-0.2, 0) is 5.41 Å². The molecule has 0 saturated carbocycles. The normalized spacial score (nSPS) is 12.6. The first-order valence-electron chi connectivity index (χ1n) is 24.4. The molecule has 10 aromatic carbocycles. The summed E-state index contributed by atoms with van der Waals surface area (Å²) in [6.07, 6.45) is 5.28. The van der Waals surface area contributed by atoms with E-state index in [0.717, 1.165) is 45.1 Å². The molecular weight excluding hydrogens is 877 g/mol. The van der Waals surface area contributed by atoms with Crippen molar-refractivity contribution in [3.05, 3.63) is 290 Å². The smallest absolute Gasteiger partial charge is 0.162 e. The zero-order chi connectivity index (χ0) is 47.6. The lowest BCUT2D eigenvalue weighted by molar-refractivity contribution is 0.768. The zero-order valence-corrected chi connectivity index (χ0v) is 39.1. The molecule has 0 atom stereocenters. The highest BCUT2D eigenvalue weighted by atomic mass is 15.1. The van der Waals surface area contributed by atoms with E-state index in [-0.39, 0.29) is 0 Å². The van der Waals surface area contributed by atoms with E-state index < -0.39 is 5.41 Å². The van der Waals surface area contributed by atoms with E-state index in [1.54, 1.807) is 12.7 Å². The summed E-state index contributed by atoms with van der Waals surface area (Å²) >= 11 is 0. The monoisotopic (exact) mass is 920 g/mol. The SMILES string of the molecule is c1ccc(-n2ccc3c2ccc2c4cc(-c5ccc(N(c6ccc(-c7ncncn7)cc6)c6ccc7c(c6)C(c6ccccc6)(c6ccccc6)c6ccccc6-7)cc5)ccc4n(-c4ccccc4)c23)cc1. The minimum absolute atomic E-state index is 0.539. The zero-order valence-electron chi connectivity index (χ0n) is 39.1. The molecule has 1 aliphatic carbocycles. The fourth-order valence-electron chi connectivity index (χ4n) is 11.5. The van der Waals surface area contributed by atoms with Crippen molar-refractivity contribution in [1.82, 2.24) is 24.1 Å². The Morgan fingerprint density at radius 1 is 0.375 bits per heavy atom. The molecule has 6 heteroatoms. The molecule has 0 spiro atoms. The van der Waals surface area contributed by atoms with Gasteiger partial charge in [-0.05, 0) is 142 Å². The van der Waals surface area contributed by atoms with Crippen molar-refractivity contribution in [2.75, 3.05) is 4.90 Å². The predicted molar refractivity (Wildman–Crippen MR) is 294 cm³/mol. The van der Waals surface area contributed by atoms with Crippen LogP contribution in [0.1, 0.15) is 22.3 Å². The molecule has 338 valence electrons. The van der Waals surface area contributed by atoms with Crippen LogP contribution < -0.4 is 4.90 Å². The van der Waals surface area contributed by atoms with Crippen molar-refractivity contribution in [3.63, 3.8) is 0 Å². The highest BCUT2D eigenvalue weighted by molar-refractivity contribution is 6.19. The highest BCUT2D eigenvalue weighted by Gasteiger charge is 2.46. The molecule has 72 heavy (non-hydrogen) atoms. The van der Waals surface area contributed by atoms with E-state index in [0.29, 0.717) is 5.82 Å². The first kappa shape index (κ1) is 41.3. The van der Waals surface area contributed by atoms with Crippen LogP contribution in [0.15, 0.2) is 268 Å². The Labute approximate surface area is 417 Å². The van der Waals surface area contributed by atoms with Gasteiger partial charge < -0.3 is 14.0 Å². The fraction of sp³-hybridized carbons (Fsp3) is 0.0152. The third-order valence-electron chi connectivity index (χ3n) is 14.7. The van der Waals surface area contributed by atoms with Crippen LogP contribution in [0.4, 0.5) is 17.1 Å². The second-order valence-electron chi connectivity index (χ2n) is 18.5. The lowest BCUT2D eigenvalue weighted by Crippen LogP contribution is -2.28. The molecular formula is C66H44N6. The van der Waals surface area contributed by atoms with Crippen LogP contribution in [0.25, 0.3) is 77.7 Å². The lowest BCUT2D eigenvalue weighted by atomic mass is 9.67. The molecule has 0 N–H and O–H groups in total. The topological polar surface area (TPSA) is 51.8 Å². The summed E-state index contributed by atoms with van der Waals surface area (Å²) in [5, 5.41) is 3.64. The number of aromatic nitrogens is 5. The Hall–Kier alpha value is -9.65. The number of rotatable bonds is 9. The molecule has 3 aromatic heterocycles. The second-order valence-corrected chi connectivity index (χ2v) is 18.5. The standard InChI is InChI=1S/C66H44N6/c1-5-15-48(16-6-1)66(49-17-7-2-8-18-49)60-24-14-13-23-55(60)56-35-34-54(42-61(56)66)71(53-32-27-46(28-33-53)65-68-43-67-44-69-65)52-30-25-45(26-31-52)47-29-37-63-59(41-47)57-36-38-62-58(39-40-70(62)50-19-9-3-10-20-50)64(57)72(63)51-21-11-4-12-22-51/h1-44H. The Bertz CT molecular complexity index is 4070. The summed E-state index contributed by atoms with van der Waals surface area (Å²) in [7, 11) is 0. The fourth-order valence-corrected chi connectivity index (χ4v) is 11.5. The number of anilines is 3. The maximum absolute atomic E-state index is 4.45. The second kappa shape index (κ2) is 16.8. The van der Waals surface area contributed by atoms with Crippen LogP contribution in [0.3, 0.4) is 0 Å². The number of fused-ring (bicyclic) bond motifs is 8. The Balaban J connectivity index is 0.918. The molecule has 0 aliphatic heterocycles. The number of benzene rings is 10. The molecule has 6 nitrogen and oxygen atoms in total. The van der Waals surface area contributed by atoms with Gasteiger partial charge in [0.25, 0.3) is 0 Å².